The summed E-state index contributed by atoms with van der Waals surface area (Å²) < 4.78 is 7.56. The first-order valence-corrected chi connectivity index (χ1v) is 5.65. The minimum Gasteiger partial charge on any atom is -0.492 e. The molecule has 2 N–H and O–H groups in total. The van der Waals surface area contributed by atoms with Gasteiger partial charge in [-0.1, -0.05) is 13.0 Å². The molecule has 0 unspecified atom stereocenters. The molecule has 86 valence electrons. The number of imidazole rings is 1. The fourth-order valence-electron chi connectivity index (χ4n) is 1.87. The predicted molar refractivity (Wildman–Crippen MR) is 65.6 cm³/mol. The van der Waals surface area contributed by atoms with Gasteiger partial charge < -0.3 is 15.0 Å². The first-order chi connectivity index (χ1) is 7.77. The Labute approximate surface area is 95.0 Å². The van der Waals surface area contributed by atoms with Crippen LogP contribution in [-0.2, 0) is 6.54 Å². The Morgan fingerprint density at radius 3 is 2.88 bits per heavy atom. The van der Waals surface area contributed by atoms with Crippen LogP contribution in [0.1, 0.15) is 20.3 Å². The van der Waals surface area contributed by atoms with E-state index >= 15 is 0 Å². The lowest BCUT2D eigenvalue weighted by Gasteiger charge is -2.05. The maximum atomic E-state index is 5.90. The summed E-state index contributed by atoms with van der Waals surface area (Å²) in [5.74, 6) is 1.37. The number of nitrogens with two attached hydrogens (primary N) is 1. The highest BCUT2D eigenvalue weighted by Crippen LogP contribution is 2.27. The second kappa shape index (κ2) is 4.43. The number of fused-ring (bicyclic) bond motifs is 1. The van der Waals surface area contributed by atoms with Crippen LogP contribution in [0.2, 0.25) is 0 Å². The number of aryl methyl sites for hydroxylation is 1. The number of benzene rings is 1. The van der Waals surface area contributed by atoms with Crippen molar-refractivity contribution in [3.8, 4) is 5.75 Å². The van der Waals surface area contributed by atoms with Gasteiger partial charge in [-0.15, -0.1) is 0 Å². The van der Waals surface area contributed by atoms with Crippen molar-refractivity contribution in [3.63, 3.8) is 0 Å². The van der Waals surface area contributed by atoms with Gasteiger partial charge in [-0.3, -0.25) is 0 Å². The monoisotopic (exact) mass is 219 g/mol. The van der Waals surface area contributed by atoms with Crippen LogP contribution in [0, 0.1) is 0 Å². The summed E-state index contributed by atoms with van der Waals surface area (Å²) in [7, 11) is 0. The third-order valence-electron chi connectivity index (χ3n) is 2.52. The number of hydrogen-bond donors (Lipinski definition) is 1. The van der Waals surface area contributed by atoms with Crippen LogP contribution in [0.25, 0.3) is 11.0 Å². The van der Waals surface area contributed by atoms with Gasteiger partial charge in [0.05, 0.1) is 12.1 Å². The molecule has 4 nitrogen and oxygen atoms in total. The number of rotatable bonds is 4. The largest absolute Gasteiger partial charge is 0.492 e. The van der Waals surface area contributed by atoms with Crippen LogP contribution in [-0.4, -0.2) is 16.2 Å². The minimum atomic E-state index is 0.559. The summed E-state index contributed by atoms with van der Waals surface area (Å²) in [4.78, 5) is 4.37. The molecule has 4 heteroatoms. The van der Waals surface area contributed by atoms with E-state index in [-0.39, 0.29) is 0 Å². The SMILES string of the molecule is CCCn1c(N)nc2c(OCC)cccc21. The van der Waals surface area contributed by atoms with E-state index < -0.39 is 0 Å². The van der Waals surface area contributed by atoms with Gasteiger partial charge in [0.1, 0.15) is 11.3 Å². The number of anilines is 1. The van der Waals surface area contributed by atoms with Gasteiger partial charge >= 0.3 is 0 Å². The van der Waals surface area contributed by atoms with Gasteiger partial charge in [0, 0.05) is 6.54 Å². The zero-order chi connectivity index (χ0) is 11.5. The van der Waals surface area contributed by atoms with E-state index in [1.165, 1.54) is 0 Å². The zero-order valence-corrected chi connectivity index (χ0v) is 9.73. The van der Waals surface area contributed by atoms with Crippen molar-refractivity contribution in [2.45, 2.75) is 26.8 Å². The van der Waals surface area contributed by atoms with Gasteiger partial charge in [-0.05, 0) is 25.5 Å². The highest BCUT2D eigenvalue weighted by atomic mass is 16.5. The van der Waals surface area contributed by atoms with Gasteiger partial charge in [0.15, 0.2) is 0 Å². The van der Waals surface area contributed by atoms with Crippen LogP contribution < -0.4 is 10.5 Å². The molecule has 0 spiro atoms. The lowest BCUT2D eigenvalue weighted by molar-refractivity contribution is 0.343. The highest BCUT2D eigenvalue weighted by molar-refractivity contribution is 5.84. The number of para-hydroxylation sites is 1. The molecule has 1 heterocycles. The van der Waals surface area contributed by atoms with Gasteiger partial charge in [-0.2, -0.15) is 0 Å². The van der Waals surface area contributed by atoms with Crippen molar-refractivity contribution in [2.24, 2.45) is 0 Å². The molecule has 0 fully saturated rings. The molecule has 0 atom stereocenters. The molecule has 0 saturated heterocycles. The number of aromatic nitrogens is 2. The number of nitrogens with zero attached hydrogens (tertiary/aromatic N) is 2. The summed E-state index contributed by atoms with van der Waals surface area (Å²) in [6.45, 7) is 5.61. The van der Waals surface area contributed by atoms with Crippen molar-refractivity contribution < 1.29 is 4.74 Å². The van der Waals surface area contributed by atoms with Gasteiger partial charge in [0.25, 0.3) is 0 Å². The molecular formula is C12H17N3O. The van der Waals surface area contributed by atoms with Gasteiger partial charge in [-0.25, -0.2) is 4.98 Å². The average Bonchev–Trinajstić information content (AvgIpc) is 2.59. The first-order valence-electron chi connectivity index (χ1n) is 5.65. The van der Waals surface area contributed by atoms with Crippen LogP contribution >= 0.6 is 0 Å². The Bertz CT molecular complexity index is 490. The minimum absolute atomic E-state index is 0.559. The molecule has 1 aromatic carbocycles. The molecule has 2 rings (SSSR count). The molecule has 2 aromatic rings. The Hall–Kier alpha value is -1.71. The van der Waals surface area contributed by atoms with Crippen molar-refractivity contribution in [1.82, 2.24) is 9.55 Å². The van der Waals surface area contributed by atoms with Crippen molar-refractivity contribution >= 4 is 17.0 Å². The van der Waals surface area contributed by atoms with Crippen LogP contribution in [0.3, 0.4) is 0 Å². The molecule has 0 radical (unpaired) electrons. The molecule has 16 heavy (non-hydrogen) atoms. The number of ether oxygens (including phenoxy) is 1. The van der Waals surface area contributed by atoms with E-state index in [1.54, 1.807) is 0 Å². The smallest absolute Gasteiger partial charge is 0.201 e. The summed E-state index contributed by atoms with van der Waals surface area (Å²) in [5, 5.41) is 0. The van der Waals surface area contributed by atoms with Crippen molar-refractivity contribution in [3.05, 3.63) is 18.2 Å². The van der Waals surface area contributed by atoms with E-state index in [9.17, 15) is 0 Å². The van der Waals surface area contributed by atoms with Crippen LogP contribution in [0.15, 0.2) is 18.2 Å². The zero-order valence-electron chi connectivity index (χ0n) is 9.73. The normalized spacial score (nSPS) is 10.9. The molecule has 0 amide bonds. The lowest BCUT2D eigenvalue weighted by Crippen LogP contribution is -2.02. The highest BCUT2D eigenvalue weighted by Gasteiger charge is 2.11. The Balaban J connectivity index is 2.58. The predicted octanol–water partition coefficient (Wildman–Crippen LogP) is 2.43. The van der Waals surface area contributed by atoms with E-state index in [0.29, 0.717) is 12.6 Å². The Morgan fingerprint density at radius 1 is 1.38 bits per heavy atom. The third-order valence-corrected chi connectivity index (χ3v) is 2.52. The quantitative estimate of drug-likeness (QED) is 0.859. The summed E-state index contributed by atoms with van der Waals surface area (Å²) in [6.07, 6.45) is 1.04. The van der Waals surface area contributed by atoms with E-state index in [0.717, 1.165) is 29.7 Å². The topological polar surface area (TPSA) is 53.1 Å². The van der Waals surface area contributed by atoms with E-state index in [2.05, 4.69) is 11.9 Å². The number of hydrogen-bond acceptors (Lipinski definition) is 3. The Morgan fingerprint density at radius 2 is 2.19 bits per heavy atom. The van der Waals surface area contributed by atoms with Gasteiger partial charge in [0.2, 0.25) is 5.95 Å². The van der Waals surface area contributed by atoms with Crippen molar-refractivity contribution in [1.29, 1.82) is 0 Å². The van der Waals surface area contributed by atoms with Crippen LogP contribution in [0.4, 0.5) is 5.95 Å². The fourth-order valence-corrected chi connectivity index (χ4v) is 1.87. The molecule has 0 saturated carbocycles. The number of nitrogen functional groups attached to an aromatic ring is 1. The summed E-state index contributed by atoms with van der Waals surface area (Å²) in [5.41, 5.74) is 7.80. The first kappa shape index (κ1) is 10.8. The van der Waals surface area contributed by atoms with E-state index in [4.69, 9.17) is 10.5 Å². The fraction of sp³-hybridized carbons (Fsp3) is 0.417. The van der Waals surface area contributed by atoms with Crippen LogP contribution in [0.5, 0.6) is 5.75 Å². The summed E-state index contributed by atoms with van der Waals surface area (Å²) >= 11 is 0. The second-order valence-corrected chi connectivity index (χ2v) is 3.68. The maximum Gasteiger partial charge on any atom is 0.201 e. The Kier molecular flexibility index (Phi) is 2.99. The average molecular weight is 219 g/mol. The standard InChI is InChI=1S/C12H17N3O/c1-3-8-15-9-6-5-7-10(16-4-2)11(9)14-12(15)13/h5-7H,3-4,8H2,1-2H3,(H2,13,14). The van der Waals surface area contributed by atoms with Crippen molar-refractivity contribution in [2.75, 3.05) is 12.3 Å². The molecule has 1 aromatic heterocycles. The lowest BCUT2D eigenvalue weighted by atomic mass is 10.3. The molecule has 0 bridgehead atoms. The maximum absolute atomic E-state index is 5.90. The summed E-state index contributed by atoms with van der Waals surface area (Å²) in [6, 6.07) is 5.92. The second-order valence-electron chi connectivity index (χ2n) is 3.68. The molecular weight excluding hydrogens is 202 g/mol. The van der Waals surface area contributed by atoms with E-state index in [1.807, 2.05) is 29.7 Å². The molecule has 0 aliphatic rings. The molecule has 0 aliphatic carbocycles. The third kappa shape index (κ3) is 1.71. The molecule has 0 aliphatic heterocycles.